The predicted molar refractivity (Wildman–Crippen MR) is 62.3 cm³/mol. The molecule has 0 radical (unpaired) electrons. The minimum Gasteiger partial charge on any atom is -0.214 e. The van der Waals surface area contributed by atoms with Gasteiger partial charge in [-0.1, -0.05) is 18.2 Å². The van der Waals surface area contributed by atoms with Crippen molar-refractivity contribution in [2.75, 3.05) is 14.1 Å². The molecule has 9 heteroatoms. The van der Waals surface area contributed by atoms with E-state index in [1.807, 2.05) is 0 Å². The van der Waals surface area contributed by atoms with Crippen LogP contribution in [0.5, 0.6) is 0 Å². The van der Waals surface area contributed by atoms with Crippen molar-refractivity contribution in [1.29, 1.82) is 0 Å². The summed E-state index contributed by atoms with van der Waals surface area (Å²) in [5.41, 5.74) is 0. The first-order valence-electron chi connectivity index (χ1n) is 4.48. The number of rotatable bonds is 4. The fourth-order valence-electron chi connectivity index (χ4n) is 1.06. The molecule has 0 heterocycles. The van der Waals surface area contributed by atoms with Crippen LogP contribution in [0.25, 0.3) is 0 Å². The lowest BCUT2D eigenvalue weighted by Gasteiger charge is -2.24. The molecule has 0 atom stereocenters. The molecule has 0 bridgehead atoms. The van der Waals surface area contributed by atoms with E-state index in [-0.39, 0.29) is 4.90 Å². The molecule has 7 nitrogen and oxygen atoms in total. The van der Waals surface area contributed by atoms with Crippen LogP contribution in [0.2, 0.25) is 0 Å². The van der Waals surface area contributed by atoms with E-state index in [0.29, 0.717) is 8.83 Å². The Morgan fingerprint density at radius 1 is 0.941 bits per heavy atom. The van der Waals surface area contributed by atoms with Crippen molar-refractivity contribution in [1.82, 2.24) is 8.83 Å². The summed E-state index contributed by atoms with van der Waals surface area (Å²) >= 11 is 0. The minimum atomic E-state index is -4.11. The summed E-state index contributed by atoms with van der Waals surface area (Å²) in [4.78, 5) is -0.0157. The zero-order valence-electron chi connectivity index (χ0n) is 9.31. The molecule has 0 aliphatic heterocycles. The van der Waals surface area contributed by atoms with Crippen molar-refractivity contribution in [3.05, 3.63) is 30.3 Å². The molecule has 0 unspecified atom stereocenters. The Morgan fingerprint density at radius 2 is 1.41 bits per heavy atom. The van der Waals surface area contributed by atoms with Crippen LogP contribution in [0.3, 0.4) is 0 Å². The maximum absolute atomic E-state index is 12.0. The highest BCUT2D eigenvalue weighted by Crippen LogP contribution is 2.15. The minimum absolute atomic E-state index is 0.0157. The van der Waals surface area contributed by atoms with Crippen molar-refractivity contribution in [3.8, 4) is 0 Å². The van der Waals surface area contributed by atoms with Gasteiger partial charge in [0.2, 0.25) is 0 Å². The van der Waals surface area contributed by atoms with E-state index in [2.05, 4.69) is 0 Å². The lowest BCUT2D eigenvalue weighted by molar-refractivity contribution is 0.234. The third kappa shape index (κ3) is 3.01. The highest BCUT2D eigenvalue weighted by molar-refractivity contribution is 7.91. The first-order valence-corrected chi connectivity index (χ1v) is 7.42. The molecule has 0 aliphatic carbocycles. The van der Waals surface area contributed by atoms with E-state index >= 15 is 0 Å². The van der Waals surface area contributed by atoms with Gasteiger partial charge in [0.05, 0.1) is 4.90 Å². The van der Waals surface area contributed by atoms with Gasteiger partial charge in [-0.15, -0.1) is 8.83 Å². The zero-order chi connectivity index (χ0) is 13.3. The standard InChI is InChI=1S/C8H13N3O4S2/c1-10(11(2)17(9,14)15)16(12,13)8-6-4-3-5-7-8/h3-7H,1-2H3,(H2,9,14,15). The number of hydrogen-bond donors (Lipinski definition) is 1. The molecule has 1 aromatic carbocycles. The van der Waals surface area contributed by atoms with Gasteiger partial charge in [-0.2, -0.15) is 8.42 Å². The zero-order valence-corrected chi connectivity index (χ0v) is 10.9. The van der Waals surface area contributed by atoms with E-state index in [9.17, 15) is 16.8 Å². The van der Waals surface area contributed by atoms with Gasteiger partial charge in [-0.05, 0) is 12.1 Å². The molecular weight excluding hydrogens is 266 g/mol. The van der Waals surface area contributed by atoms with E-state index in [4.69, 9.17) is 5.14 Å². The second kappa shape index (κ2) is 4.70. The van der Waals surface area contributed by atoms with Crippen LogP contribution in [0.1, 0.15) is 0 Å². The Kier molecular flexibility index (Phi) is 3.89. The molecule has 2 N–H and O–H groups in total. The number of benzene rings is 1. The van der Waals surface area contributed by atoms with Crippen LogP contribution in [0, 0.1) is 0 Å². The Labute approximate surface area is 101 Å². The quantitative estimate of drug-likeness (QED) is 0.740. The fraction of sp³-hybridized carbons (Fsp3) is 0.250. The average molecular weight is 279 g/mol. The number of hydrazine groups is 1. The number of hydrogen-bond acceptors (Lipinski definition) is 4. The lowest BCUT2D eigenvalue weighted by Crippen LogP contribution is -2.47. The lowest BCUT2D eigenvalue weighted by atomic mass is 10.4. The molecule has 0 aliphatic rings. The molecule has 0 amide bonds. The van der Waals surface area contributed by atoms with Gasteiger partial charge in [0.15, 0.2) is 0 Å². The molecule has 0 spiro atoms. The van der Waals surface area contributed by atoms with Crippen molar-refractivity contribution in [3.63, 3.8) is 0 Å². The fourth-order valence-corrected chi connectivity index (χ4v) is 3.03. The van der Waals surface area contributed by atoms with Crippen molar-refractivity contribution >= 4 is 20.2 Å². The Bertz CT molecular complexity index is 582. The largest absolute Gasteiger partial charge is 0.290 e. The summed E-state index contributed by atoms with van der Waals surface area (Å²) in [6.07, 6.45) is 0. The molecule has 0 saturated carbocycles. The summed E-state index contributed by atoms with van der Waals surface area (Å²) in [6.45, 7) is 0. The Morgan fingerprint density at radius 3 is 1.82 bits per heavy atom. The van der Waals surface area contributed by atoms with Crippen molar-refractivity contribution in [2.45, 2.75) is 4.90 Å². The van der Waals surface area contributed by atoms with Crippen molar-refractivity contribution < 1.29 is 16.8 Å². The van der Waals surface area contributed by atoms with Crippen LogP contribution in [0.15, 0.2) is 35.2 Å². The SMILES string of the molecule is CN(N(C)S(=O)(=O)c1ccccc1)S(N)(=O)=O. The molecule has 96 valence electrons. The summed E-state index contributed by atoms with van der Waals surface area (Å²) < 4.78 is 47.1. The maximum atomic E-state index is 12.0. The highest BCUT2D eigenvalue weighted by Gasteiger charge is 2.29. The summed E-state index contributed by atoms with van der Waals surface area (Å²) in [5.74, 6) is 0. The first-order chi connectivity index (χ1) is 7.67. The van der Waals surface area contributed by atoms with Gasteiger partial charge in [-0.25, -0.2) is 13.6 Å². The smallest absolute Gasteiger partial charge is 0.214 e. The van der Waals surface area contributed by atoms with Gasteiger partial charge in [0, 0.05) is 14.1 Å². The van der Waals surface area contributed by atoms with Gasteiger partial charge < -0.3 is 0 Å². The second-order valence-electron chi connectivity index (χ2n) is 3.23. The summed E-state index contributed by atoms with van der Waals surface area (Å²) in [7, 11) is -5.88. The number of nitrogens with zero attached hydrogens (tertiary/aromatic N) is 2. The van der Waals surface area contributed by atoms with Crippen molar-refractivity contribution in [2.24, 2.45) is 5.14 Å². The molecule has 1 aromatic rings. The van der Waals surface area contributed by atoms with E-state index in [1.54, 1.807) is 6.07 Å². The molecule has 17 heavy (non-hydrogen) atoms. The predicted octanol–water partition coefficient (Wildman–Crippen LogP) is -0.643. The van der Waals surface area contributed by atoms with E-state index in [1.165, 1.54) is 24.3 Å². The van der Waals surface area contributed by atoms with E-state index in [0.717, 1.165) is 14.1 Å². The third-order valence-corrected chi connectivity index (χ3v) is 5.05. The normalized spacial score (nSPS) is 13.2. The Balaban J connectivity index is 3.18. The van der Waals surface area contributed by atoms with Gasteiger partial charge in [0.1, 0.15) is 0 Å². The number of sulfonamides is 1. The first kappa shape index (κ1) is 14.1. The highest BCUT2D eigenvalue weighted by atomic mass is 32.2. The second-order valence-corrected chi connectivity index (χ2v) is 6.74. The molecule has 0 saturated heterocycles. The average Bonchev–Trinajstić information content (AvgIpc) is 2.27. The third-order valence-electron chi connectivity index (χ3n) is 2.15. The molecule has 0 fully saturated rings. The summed E-state index contributed by atoms with van der Waals surface area (Å²) in [5, 5.41) is 4.85. The molecule has 1 rings (SSSR count). The maximum Gasteiger partial charge on any atom is 0.290 e. The van der Waals surface area contributed by atoms with Gasteiger partial charge in [0.25, 0.3) is 20.2 Å². The molecular formula is C8H13N3O4S2. The van der Waals surface area contributed by atoms with Crippen LogP contribution in [-0.4, -0.2) is 39.8 Å². The topological polar surface area (TPSA) is 101 Å². The monoisotopic (exact) mass is 279 g/mol. The van der Waals surface area contributed by atoms with E-state index < -0.39 is 20.2 Å². The summed E-state index contributed by atoms with van der Waals surface area (Å²) in [6, 6.07) is 7.46. The van der Waals surface area contributed by atoms with Crippen LogP contribution < -0.4 is 5.14 Å². The molecule has 0 aromatic heterocycles. The Hall–Kier alpha value is -1.00. The van der Waals surface area contributed by atoms with Crippen LogP contribution in [0.4, 0.5) is 0 Å². The van der Waals surface area contributed by atoms with Crippen LogP contribution >= 0.6 is 0 Å². The van der Waals surface area contributed by atoms with Crippen LogP contribution in [-0.2, 0) is 20.2 Å². The van der Waals surface area contributed by atoms with Gasteiger partial charge in [-0.3, -0.25) is 0 Å². The number of nitrogens with two attached hydrogens (primary N) is 1. The van der Waals surface area contributed by atoms with Gasteiger partial charge >= 0.3 is 0 Å².